The van der Waals surface area contributed by atoms with Gasteiger partial charge in [-0.1, -0.05) is 12.8 Å². The third kappa shape index (κ3) is 4.18. The predicted octanol–water partition coefficient (Wildman–Crippen LogP) is 2.21. The van der Waals surface area contributed by atoms with Crippen LogP contribution in [-0.2, 0) is 0 Å². The quantitative estimate of drug-likeness (QED) is 0.830. The largest absolute Gasteiger partial charge is 0.367 e. The zero-order chi connectivity index (χ0) is 18.5. The van der Waals surface area contributed by atoms with Crippen molar-refractivity contribution in [3.05, 3.63) is 42.5 Å². The highest BCUT2D eigenvalue weighted by molar-refractivity contribution is 5.94. The van der Waals surface area contributed by atoms with Crippen molar-refractivity contribution in [2.45, 2.75) is 25.7 Å². The topological polar surface area (TPSA) is 65.5 Å². The van der Waals surface area contributed by atoms with Crippen LogP contribution in [-0.4, -0.2) is 65.0 Å². The Labute approximate surface area is 160 Å². The summed E-state index contributed by atoms with van der Waals surface area (Å²) in [4.78, 5) is 32.3. The summed E-state index contributed by atoms with van der Waals surface area (Å²) >= 11 is 0. The van der Waals surface area contributed by atoms with E-state index in [9.17, 15) is 4.79 Å². The average molecular weight is 366 g/mol. The number of carbonyl (C=O) groups excluding carboxylic acids is 1. The van der Waals surface area contributed by atoms with Crippen molar-refractivity contribution in [1.82, 2.24) is 19.9 Å². The molecule has 1 amide bonds. The number of pyridine rings is 1. The molecule has 0 radical (unpaired) electrons. The van der Waals surface area contributed by atoms with Crippen LogP contribution in [0.15, 0.2) is 36.9 Å². The maximum atomic E-state index is 12.9. The van der Waals surface area contributed by atoms with E-state index >= 15 is 0 Å². The Morgan fingerprint density at radius 1 is 0.815 bits per heavy atom. The normalized spacial score (nSPS) is 18.3. The molecule has 27 heavy (non-hydrogen) atoms. The Kier molecular flexibility index (Phi) is 5.46. The molecule has 0 unspecified atom stereocenters. The fourth-order valence-corrected chi connectivity index (χ4v) is 3.79. The Morgan fingerprint density at radius 2 is 1.48 bits per heavy atom. The van der Waals surface area contributed by atoms with Crippen LogP contribution >= 0.6 is 0 Å². The van der Waals surface area contributed by atoms with Crippen LogP contribution in [0.4, 0.5) is 11.6 Å². The third-order valence-electron chi connectivity index (χ3n) is 5.34. The molecular weight excluding hydrogens is 340 g/mol. The van der Waals surface area contributed by atoms with Crippen molar-refractivity contribution in [2.75, 3.05) is 49.1 Å². The van der Waals surface area contributed by atoms with Gasteiger partial charge in [-0.2, -0.15) is 0 Å². The number of rotatable bonds is 3. The molecule has 2 saturated heterocycles. The van der Waals surface area contributed by atoms with Crippen molar-refractivity contribution in [3.63, 3.8) is 0 Å². The summed E-state index contributed by atoms with van der Waals surface area (Å²) in [6, 6.07) is 3.83. The second-order valence-electron chi connectivity index (χ2n) is 7.16. The van der Waals surface area contributed by atoms with Crippen LogP contribution in [0.3, 0.4) is 0 Å². The molecule has 2 aliphatic heterocycles. The molecule has 4 rings (SSSR count). The van der Waals surface area contributed by atoms with Gasteiger partial charge in [0, 0.05) is 57.9 Å². The minimum Gasteiger partial charge on any atom is -0.367 e. The van der Waals surface area contributed by atoms with E-state index < -0.39 is 0 Å². The molecule has 2 aliphatic rings. The molecule has 0 spiro atoms. The number of hydrogen-bond donors (Lipinski definition) is 0. The Balaban J connectivity index is 1.41. The van der Waals surface area contributed by atoms with E-state index in [2.05, 4.69) is 24.8 Å². The maximum Gasteiger partial charge on any atom is 0.255 e. The monoisotopic (exact) mass is 366 g/mol. The SMILES string of the molecule is O=C(c1cncc(N2CCN(c3ncccn3)CC2)c1)N1CCCCCC1. The summed E-state index contributed by atoms with van der Waals surface area (Å²) in [5, 5.41) is 0. The fourth-order valence-electron chi connectivity index (χ4n) is 3.79. The lowest BCUT2D eigenvalue weighted by atomic mass is 10.2. The first-order valence-corrected chi connectivity index (χ1v) is 9.82. The van der Waals surface area contributed by atoms with Gasteiger partial charge in [0.05, 0.1) is 17.4 Å². The van der Waals surface area contributed by atoms with Crippen LogP contribution in [0.25, 0.3) is 0 Å². The smallest absolute Gasteiger partial charge is 0.255 e. The molecule has 4 heterocycles. The van der Waals surface area contributed by atoms with Crippen LogP contribution in [0.2, 0.25) is 0 Å². The predicted molar refractivity (Wildman–Crippen MR) is 105 cm³/mol. The highest BCUT2D eigenvalue weighted by Crippen LogP contribution is 2.20. The summed E-state index contributed by atoms with van der Waals surface area (Å²) in [6.07, 6.45) is 11.7. The van der Waals surface area contributed by atoms with E-state index in [1.54, 1.807) is 18.6 Å². The molecule has 142 valence electrons. The molecule has 0 aliphatic carbocycles. The molecule has 0 N–H and O–H groups in total. The first-order chi connectivity index (χ1) is 13.3. The molecule has 0 saturated carbocycles. The lowest BCUT2D eigenvalue weighted by Crippen LogP contribution is -2.47. The Morgan fingerprint density at radius 3 is 2.19 bits per heavy atom. The van der Waals surface area contributed by atoms with Crippen LogP contribution in [0.1, 0.15) is 36.0 Å². The standard InChI is InChI=1S/C20H26N6O/c27-19(25-8-3-1-2-4-9-25)17-14-18(16-21-15-17)24-10-12-26(13-11-24)20-22-6-5-7-23-20/h5-7,14-16H,1-4,8-13H2. The molecule has 2 aromatic heterocycles. The van der Waals surface area contributed by atoms with Gasteiger partial charge in [-0.15, -0.1) is 0 Å². The maximum absolute atomic E-state index is 12.9. The van der Waals surface area contributed by atoms with Gasteiger partial charge >= 0.3 is 0 Å². The Bertz CT molecular complexity index is 752. The highest BCUT2D eigenvalue weighted by Gasteiger charge is 2.22. The van der Waals surface area contributed by atoms with E-state index in [0.29, 0.717) is 5.56 Å². The molecule has 7 heteroatoms. The van der Waals surface area contributed by atoms with E-state index in [-0.39, 0.29) is 5.91 Å². The zero-order valence-electron chi connectivity index (χ0n) is 15.6. The molecular formula is C20H26N6O. The van der Waals surface area contributed by atoms with Crippen molar-refractivity contribution in [1.29, 1.82) is 0 Å². The van der Waals surface area contributed by atoms with E-state index in [1.165, 1.54) is 12.8 Å². The van der Waals surface area contributed by atoms with Gasteiger partial charge in [0.25, 0.3) is 5.91 Å². The van der Waals surface area contributed by atoms with Gasteiger partial charge in [-0.3, -0.25) is 9.78 Å². The van der Waals surface area contributed by atoms with Crippen molar-refractivity contribution in [3.8, 4) is 0 Å². The van der Waals surface area contributed by atoms with Crippen LogP contribution in [0, 0.1) is 0 Å². The van der Waals surface area contributed by atoms with E-state index in [1.807, 2.05) is 23.2 Å². The second-order valence-corrected chi connectivity index (χ2v) is 7.16. The number of piperazine rings is 1. The van der Waals surface area contributed by atoms with Crippen molar-refractivity contribution in [2.24, 2.45) is 0 Å². The van der Waals surface area contributed by atoms with Crippen LogP contribution in [0.5, 0.6) is 0 Å². The fraction of sp³-hybridized carbons (Fsp3) is 0.500. The lowest BCUT2D eigenvalue weighted by Gasteiger charge is -2.36. The van der Waals surface area contributed by atoms with Gasteiger partial charge in [0.1, 0.15) is 0 Å². The molecule has 0 aromatic carbocycles. The zero-order valence-corrected chi connectivity index (χ0v) is 15.6. The summed E-state index contributed by atoms with van der Waals surface area (Å²) in [7, 11) is 0. The molecule has 7 nitrogen and oxygen atoms in total. The van der Waals surface area contributed by atoms with Gasteiger partial charge < -0.3 is 14.7 Å². The number of carbonyl (C=O) groups is 1. The number of nitrogens with zero attached hydrogens (tertiary/aromatic N) is 6. The number of likely N-dealkylation sites (tertiary alicyclic amines) is 1. The van der Waals surface area contributed by atoms with Gasteiger partial charge in [-0.05, 0) is 25.0 Å². The van der Waals surface area contributed by atoms with Crippen molar-refractivity contribution < 1.29 is 4.79 Å². The van der Waals surface area contributed by atoms with E-state index in [0.717, 1.165) is 63.7 Å². The van der Waals surface area contributed by atoms with Gasteiger partial charge in [-0.25, -0.2) is 9.97 Å². The number of hydrogen-bond acceptors (Lipinski definition) is 6. The first kappa shape index (κ1) is 17.7. The summed E-state index contributed by atoms with van der Waals surface area (Å²) < 4.78 is 0. The van der Waals surface area contributed by atoms with Crippen molar-refractivity contribution >= 4 is 17.5 Å². The average Bonchev–Trinajstić information content (AvgIpc) is 3.04. The summed E-state index contributed by atoms with van der Waals surface area (Å²) in [5.41, 5.74) is 1.72. The highest BCUT2D eigenvalue weighted by atomic mass is 16.2. The van der Waals surface area contributed by atoms with E-state index in [4.69, 9.17) is 0 Å². The first-order valence-electron chi connectivity index (χ1n) is 9.82. The molecule has 2 aromatic rings. The minimum absolute atomic E-state index is 0.113. The third-order valence-corrected chi connectivity index (χ3v) is 5.34. The van der Waals surface area contributed by atoms with Gasteiger partial charge in [0.15, 0.2) is 0 Å². The number of amides is 1. The molecule has 0 bridgehead atoms. The minimum atomic E-state index is 0.113. The van der Waals surface area contributed by atoms with Crippen LogP contribution < -0.4 is 9.80 Å². The summed E-state index contributed by atoms with van der Waals surface area (Å²) in [5.74, 6) is 0.892. The Hall–Kier alpha value is -2.70. The molecule has 0 atom stereocenters. The summed E-state index contributed by atoms with van der Waals surface area (Å²) in [6.45, 7) is 5.16. The lowest BCUT2D eigenvalue weighted by molar-refractivity contribution is 0.0761. The van der Waals surface area contributed by atoms with Gasteiger partial charge in [0.2, 0.25) is 5.95 Å². The molecule has 2 fully saturated rings. The number of aromatic nitrogens is 3. The second kappa shape index (κ2) is 8.33. The number of anilines is 2.